The highest BCUT2D eigenvalue weighted by Gasteiger charge is 2.33. The van der Waals surface area contributed by atoms with E-state index in [0.717, 1.165) is 17.7 Å². The second kappa shape index (κ2) is 9.11. The Morgan fingerprint density at radius 2 is 1.88 bits per heavy atom. The van der Waals surface area contributed by atoms with E-state index in [2.05, 4.69) is 21.2 Å². The molecule has 0 spiro atoms. The fourth-order valence-corrected chi connectivity index (χ4v) is 4.17. The van der Waals surface area contributed by atoms with E-state index in [1.165, 1.54) is 13.2 Å². The van der Waals surface area contributed by atoms with Gasteiger partial charge in [-0.1, -0.05) is 35.9 Å². The van der Waals surface area contributed by atoms with Crippen molar-refractivity contribution in [3.8, 4) is 11.5 Å². The van der Waals surface area contributed by atoms with E-state index in [9.17, 15) is 18.0 Å². The molecule has 4 nitrogen and oxygen atoms in total. The Labute approximate surface area is 201 Å². The number of rotatable bonds is 5. The second-order valence-electron chi connectivity index (χ2n) is 7.18. The number of hydrogen-bond donors (Lipinski definition) is 1. The smallest absolute Gasteiger partial charge is 0.416 e. The van der Waals surface area contributed by atoms with Gasteiger partial charge in [0, 0.05) is 27.4 Å². The number of nitrogens with one attached hydrogen (secondary N) is 1. The van der Waals surface area contributed by atoms with Gasteiger partial charge < -0.3 is 14.8 Å². The van der Waals surface area contributed by atoms with Crippen LogP contribution in [0.3, 0.4) is 0 Å². The van der Waals surface area contributed by atoms with Crippen molar-refractivity contribution in [1.29, 1.82) is 0 Å². The van der Waals surface area contributed by atoms with Crippen LogP contribution in [0.5, 0.6) is 11.5 Å². The zero-order valence-corrected chi connectivity index (χ0v) is 19.4. The first-order chi connectivity index (χ1) is 15.7. The molecule has 3 aromatic rings. The Morgan fingerprint density at radius 3 is 2.58 bits per heavy atom. The van der Waals surface area contributed by atoms with Crippen molar-refractivity contribution in [2.24, 2.45) is 0 Å². The summed E-state index contributed by atoms with van der Waals surface area (Å²) >= 11 is 9.65. The summed E-state index contributed by atoms with van der Waals surface area (Å²) in [6.07, 6.45) is -2.91. The molecule has 1 amide bonds. The molecule has 1 aliphatic heterocycles. The zero-order valence-electron chi connectivity index (χ0n) is 17.1. The van der Waals surface area contributed by atoms with Crippen LogP contribution in [0, 0.1) is 0 Å². The van der Waals surface area contributed by atoms with Crippen LogP contribution in [0.4, 0.5) is 18.9 Å². The summed E-state index contributed by atoms with van der Waals surface area (Å²) in [4.78, 5) is 12.5. The van der Waals surface area contributed by atoms with Gasteiger partial charge in [0.25, 0.3) is 5.91 Å². The number of amides is 1. The van der Waals surface area contributed by atoms with Crippen molar-refractivity contribution in [2.75, 3.05) is 12.4 Å². The fourth-order valence-electron chi connectivity index (χ4n) is 3.41. The summed E-state index contributed by atoms with van der Waals surface area (Å²) in [5.41, 5.74) is 1.33. The number of ether oxygens (including phenoxy) is 2. The zero-order chi connectivity index (χ0) is 23.8. The fraction of sp³-hybridized carbons (Fsp3) is 0.125. The van der Waals surface area contributed by atoms with E-state index in [4.69, 9.17) is 21.1 Å². The van der Waals surface area contributed by atoms with E-state index < -0.39 is 17.6 Å². The van der Waals surface area contributed by atoms with Gasteiger partial charge >= 0.3 is 6.18 Å². The van der Waals surface area contributed by atoms with Crippen LogP contribution in [0.1, 0.15) is 22.3 Å². The molecule has 0 aliphatic carbocycles. The predicted octanol–water partition coefficient (Wildman–Crippen LogP) is 7.20. The second-order valence-corrected chi connectivity index (χ2v) is 8.45. The molecular formula is C24H16BrClF3NO3. The van der Waals surface area contributed by atoms with Crippen LogP contribution in [-0.4, -0.2) is 13.0 Å². The lowest BCUT2D eigenvalue weighted by molar-refractivity contribution is -0.137. The van der Waals surface area contributed by atoms with Crippen LogP contribution in [0.25, 0.3) is 11.6 Å². The topological polar surface area (TPSA) is 47.6 Å². The Kier molecular flexibility index (Phi) is 6.41. The molecule has 0 unspecified atom stereocenters. The van der Waals surface area contributed by atoms with Crippen LogP contribution in [0.15, 0.2) is 59.1 Å². The van der Waals surface area contributed by atoms with Gasteiger partial charge in [0.1, 0.15) is 6.61 Å². The van der Waals surface area contributed by atoms with Crippen LogP contribution in [-0.2, 0) is 17.6 Å². The molecule has 33 heavy (non-hydrogen) atoms. The van der Waals surface area contributed by atoms with Crippen molar-refractivity contribution in [3.63, 3.8) is 0 Å². The highest BCUT2D eigenvalue weighted by molar-refractivity contribution is 9.10. The number of benzene rings is 3. The molecule has 0 bridgehead atoms. The maximum atomic E-state index is 13.0. The molecule has 0 aromatic heterocycles. The normalized spacial score (nSPS) is 14.2. The minimum Gasteiger partial charge on any atom is -0.493 e. The van der Waals surface area contributed by atoms with Gasteiger partial charge in [0.15, 0.2) is 11.5 Å². The molecular weight excluding hydrogens is 523 g/mol. The molecule has 3 aromatic carbocycles. The number of fused-ring (bicyclic) bond motifs is 1. The number of halogens is 5. The first-order valence-electron chi connectivity index (χ1n) is 9.66. The molecule has 170 valence electrons. The largest absolute Gasteiger partial charge is 0.493 e. The van der Waals surface area contributed by atoms with Gasteiger partial charge in [-0.15, -0.1) is 0 Å². The summed E-state index contributed by atoms with van der Waals surface area (Å²) < 4.78 is 50.9. The molecule has 0 fully saturated rings. The van der Waals surface area contributed by atoms with Crippen molar-refractivity contribution in [3.05, 3.63) is 86.3 Å². The van der Waals surface area contributed by atoms with Crippen LogP contribution >= 0.6 is 27.5 Å². The Balaban J connectivity index is 1.65. The third-order valence-corrected chi connectivity index (χ3v) is 5.98. The van der Waals surface area contributed by atoms with Gasteiger partial charge in [-0.25, -0.2) is 0 Å². The summed E-state index contributed by atoms with van der Waals surface area (Å²) in [7, 11) is 1.48. The van der Waals surface area contributed by atoms with Crippen LogP contribution in [0.2, 0.25) is 5.02 Å². The summed E-state index contributed by atoms with van der Waals surface area (Å²) in [6, 6.07) is 13.9. The molecule has 0 saturated carbocycles. The van der Waals surface area contributed by atoms with Crippen molar-refractivity contribution in [1.82, 2.24) is 0 Å². The number of carbonyl (C=O) groups excluding carboxylic acids is 1. The number of carbonyl (C=O) groups is 1. The van der Waals surface area contributed by atoms with Gasteiger partial charge in [-0.05, 0) is 57.9 Å². The first-order valence-corrected chi connectivity index (χ1v) is 10.8. The summed E-state index contributed by atoms with van der Waals surface area (Å²) in [5, 5.41) is 3.07. The third-order valence-electron chi connectivity index (χ3n) is 5.02. The van der Waals surface area contributed by atoms with Crippen LogP contribution < -0.4 is 14.8 Å². The molecule has 1 heterocycles. The third kappa shape index (κ3) is 4.86. The number of anilines is 1. The lowest BCUT2D eigenvalue weighted by Gasteiger charge is -2.14. The van der Waals surface area contributed by atoms with E-state index in [1.807, 2.05) is 18.2 Å². The van der Waals surface area contributed by atoms with Gasteiger partial charge in [0.05, 0.1) is 17.1 Å². The van der Waals surface area contributed by atoms with E-state index in [0.29, 0.717) is 32.1 Å². The van der Waals surface area contributed by atoms with E-state index >= 15 is 0 Å². The Morgan fingerprint density at radius 1 is 1.12 bits per heavy atom. The Hall–Kier alpha value is -2.97. The molecule has 9 heteroatoms. The average molecular weight is 539 g/mol. The first kappa shape index (κ1) is 23.2. The standard InChI is InChI=1S/C24H16BrClF3NO3/c1-32-21-10-13(9-18(25)22(21)33-12-14-4-2-3-5-19(14)26)8-17-16-7-6-15(24(27,28)29)11-20(16)30-23(17)31/h2-11H,12H2,1H3,(H,30,31)/b17-8-. The highest BCUT2D eigenvalue weighted by Crippen LogP contribution is 2.41. The SMILES string of the molecule is COc1cc(/C=C2\C(=O)Nc3cc(C(F)(F)F)ccc32)cc(Br)c1OCc1ccccc1Cl. The van der Waals surface area contributed by atoms with E-state index in [-0.39, 0.29) is 17.9 Å². The van der Waals surface area contributed by atoms with Crippen molar-refractivity contribution >= 4 is 50.8 Å². The lowest BCUT2D eigenvalue weighted by atomic mass is 10.0. The van der Waals surface area contributed by atoms with E-state index in [1.54, 1.807) is 24.3 Å². The maximum Gasteiger partial charge on any atom is 0.416 e. The molecule has 1 aliphatic rings. The number of hydrogen-bond acceptors (Lipinski definition) is 3. The monoisotopic (exact) mass is 537 g/mol. The highest BCUT2D eigenvalue weighted by atomic mass is 79.9. The van der Waals surface area contributed by atoms with Gasteiger partial charge in [-0.2, -0.15) is 13.2 Å². The predicted molar refractivity (Wildman–Crippen MR) is 124 cm³/mol. The van der Waals surface area contributed by atoms with Crippen molar-refractivity contribution < 1.29 is 27.4 Å². The summed E-state index contributed by atoms with van der Waals surface area (Å²) in [5.74, 6) is 0.374. The van der Waals surface area contributed by atoms with Crippen molar-refractivity contribution in [2.45, 2.75) is 12.8 Å². The lowest BCUT2D eigenvalue weighted by Crippen LogP contribution is -2.06. The molecule has 0 atom stereocenters. The number of methoxy groups -OCH3 is 1. The number of alkyl halides is 3. The maximum absolute atomic E-state index is 13.0. The van der Waals surface area contributed by atoms with Gasteiger partial charge in [-0.3, -0.25) is 4.79 Å². The average Bonchev–Trinajstić information content (AvgIpc) is 3.07. The minimum atomic E-state index is -4.50. The minimum absolute atomic E-state index is 0.117. The molecule has 4 rings (SSSR count). The molecule has 0 saturated heterocycles. The van der Waals surface area contributed by atoms with Gasteiger partial charge in [0.2, 0.25) is 0 Å². The Bertz CT molecular complexity index is 1270. The summed E-state index contributed by atoms with van der Waals surface area (Å²) in [6.45, 7) is 0.215. The molecule has 0 radical (unpaired) electrons. The molecule has 1 N–H and O–H groups in total. The quantitative estimate of drug-likeness (QED) is 0.350.